The average molecular weight is 375 g/mol. The van der Waals surface area contributed by atoms with Crippen molar-refractivity contribution in [3.05, 3.63) is 36.9 Å². The zero-order valence-corrected chi connectivity index (χ0v) is 17.0. The molecule has 0 radical (unpaired) electrons. The molecule has 5 nitrogen and oxygen atoms in total. The molecule has 1 aliphatic carbocycles. The monoisotopic (exact) mass is 374 g/mol. The molecule has 1 amide bonds. The number of hydrogen-bond donors (Lipinski definition) is 0. The van der Waals surface area contributed by atoms with E-state index in [9.17, 15) is 4.79 Å². The van der Waals surface area contributed by atoms with Crippen LogP contribution < -0.4 is 9.64 Å². The lowest BCUT2D eigenvalue weighted by Gasteiger charge is -2.40. The summed E-state index contributed by atoms with van der Waals surface area (Å²) in [6.07, 6.45) is 8.00. The van der Waals surface area contributed by atoms with Gasteiger partial charge in [-0.25, -0.2) is 0 Å². The highest BCUT2D eigenvalue weighted by Crippen LogP contribution is 2.31. The van der Waals surface area contributed by atoms with E-state index >= 15 is 0 Å². The van der Waals surface area contributed by atoms with Gasteiger partial charge in [0.05, 0.1) is 26.2 Å². The molecule has 0 heterocycles. The molecule has 1 aromatic rings. The zero-order valence-electron chi connectivity index (χ0n) is 17.0. The average Bonchev–Trinajstić information content (AvgIpc) is 2.93. The van der Waals surface area contributed by atoms with Crippen LogP contribution in [0.2, 0.25) is 0 Å². The van der Waals surface area contributed by atoms with Gasteiger partial charge < -0.3 is 14.4 Å². The van der Waals surface area contributed by atoms with Crippen LogP contribution in [0.25, 0.3) is 0 Å². The van der Waals surface area contributed by atoms with Gasteiger partial charge in [-0.1, -0.05) is 25.3 Å². The van der Waals surface area contributed by atoms with Gasteiger partial charge in [0, 0.05) is 25.4 Å². The lowest BCUT2D eigenvalue weighted by Crippen LogP contribution is -2.53. The normalized spacial score (nSPS) is 20.1. The number of amides is 1. The van der Waals surface area contributed by atoms with Gasteiger partial charge in [0.25, 0.3) is 0 Å². The summed E-state index contributed by atoms with van der Waals surface area (Å²) in [5, 5.41) is 0. The number of carbonyl (C=O) groups is 1. The molecule has 0 N–H and O–H groups in total. The number of nitrogens with zero attached hydrogens (tertiary/aromatic N) is 2. The van der Waals surface area contributed by atoms with Gasteiger partial charge in [0.2, 0.25) is 5.91 Å². The van der Waals surface area contributed by atoms with Gasteiger partial charge in [0.1, 0.15) is 5.75 Å². The largest absolute Gasteiger partial charge is 0.497 e. The number of likely N-dealkylation sites (N-methyl/N-ethyl adjacent to an activating group) is 1. The van der Waals surface area contributed by atoms with Crippen molar-refractivity contribution in [2.75, 3.05) is 39.3 Å². The maximum absolute atomic E-state index is 13.2. The van der Waals surface area contributed by atoms with E-state index in [1.165, 1.54) is 12.8 Å². The Balaban J connectivity index is 2.37. The lowest BCUT2D eigenvalue weighted by molar-refractivity contribution is -0.120. The van der Waals surface area contributed by atoms with Gasteiger partial charge in [-0.2, -0.15) is 0 Å². The quantitative estimate of drug-likeness (QED) is 0.486. The van der Waals surface area contributed by atoms with E-state index < -0.39 is 0 Å². The predicted molar refractivity (Wildman–Crippen MR) is 110 cm³/mol. The van der Waals surface area contributed by atoms with Gasteiger partial charge in [-0.3, -0.25) is 9.69 Å². The number of benzene rings is 1. The SMILES string of the molecule is C=CCN(C)C1CCCCCC1N(C(=O)CCOC)c1ccc(OC)cc1. The standard InChI is InChI=1S/C22H34N2O3/c1-5-16-23(2)20-9-7-6-8-10-21(20)24(22(25)15-17-26-3)18-11-13-19(27-4)14-12-18/h5,11-14,20-21H,1,6-10,15-17H2,2-4H3. The third-order valence-corrected chi connectivity index (χ3v) is 5.40. The second kappa shape index (κ2) is 11.1. The summed E-state index contributed by atoms with van der Waals surface area (Å²) in [4.78, 5) is 17.5. The number of hydrogen-bond acceptors (Lipinski definition) is 4. The van der Waals surface area contributed by atoms with E-state index in [2.05, 4.69) is 18.5 Å². The second-order valence-corrected chi connectivity index (χ2v) is 7.21. The van der Waals surface area contributed by atoms with Crippen LogP contribution in [0.3, 0.4) is 0 Å². The molecule has 0 spiro atoms. The Morgan fingerprint density at radius 2 is 1.81 bits per heavy atom. The fourth-order valence-corrected chi connectivity index (χ4v) is 4.00. The minimum absolute atomic E-state index is 0.117. The highest BCUT2D eigenvalue weighted by molar-refractivity contribution is 5.94. The first-order valence-corrected chi connectivity index (χ1v) is 9.88. The molecule has 1 saturated carbocycles. The van der Waals surface area contributed by atoms with Crippen LogP contribution >= 0.6 is 0 Å². The maximum Gasteiger partial charge on any atom is 0.229 e. The van der Waals surface area contributed by atoms with Gasteiger partial charge in [-0.05, 0) is 44.2 Å². The molecule has 1 aliphatic rings. The number of anilines is 1. The third kappa shape index (κ3) is 5.81. The summed E-state index contributed by atoms with van der Waals surface area (Å²) in [5.74, 6) is 0.912. The number of ether oxygens (including phenoxy) is 2. The molecule has 1 aromatic carbocycles. The molecule has 0 aliphatic heterocycles. The summed E-state index contributed by atoms with van der Waals surface area (Å²) >= 11 is 0. The van der Waals surface area contributed by atoms with Gasteiger partial charge >= 0.3 is 0 Å². The molecule has 5 heteroatoms. The fourth-order valence-electron chi connectivity index (χ4n) is 4.00. The zero-order chi connectivity index (χ0) is 19.6. The van der Waals surface area contributed by atoms with Gasteiger partial charge in [-0.15, -0.1) is 6.58 Å². The van der Waals surface area contributed by atoms with E-state index in [0.717, 1.165) is 37.2 Å². The number of rotatable bonds is 9. The molecular weight excluding hydrogens is 340 g/mol. The van der Waals surface area contributed by atoms with Crippen molar-refractivity contribution in [2.24, 2.45) is 0 Å². The highest BCUT2D eigenvalue weighted by atomic mass is 16.5. The third-order valence-electron chi connectivity index (χ3n) is 5.40. The van der Waals surface area contributed by atoms with Crippen molar-refractivity contribution < 1.29 is 14.3 Å². The second-order valence-electron chi connectivity index (χ2n) is 7.21. The predicted octanol–water partition coefficient (Wildman–Crippen LogP) is 3.88. The van der Waals surface area contributed by atoms with E-state index in [1.54, 1.807) is 14.2 Å². The van der Waals surface area contributed by atoms with Gasteiger partial charge in [0.15, 0.2) is 0 Å². The first-order chi connectivity index (χ1) is 13.1. The van der Waals surface area contributed by atoms with Crippen molar-refractivity contribution in [2.45, 2.75) is 50.6 Å². The minimum atomic E-state index is 0.117. The Hall–Kier alpha value is -1.85. The van der Waals surface area contributed by atoms with Crippen LogP contribution in [0.4, 0.5) is 5.69 Å². The van der Waals surface area contributed by atoms with Crippen LogP contribution in [0, 0.1) is 0 Å². The lowest BCUT2D eigenvalue weighted by atomic mass is 9.98. The van der Waals surface area contributed by atoms with E-state index in [0.29, 0.717) is 19.1 Å². The summed E-state index contributed by atoms with van der Waals surface area (Å²) in [5.41, 5.74) is 0.931. The first-order valence-electron chi connectivity index (χ1n) is 9.88. The summed E-state index contributed by atoms with van der Waals surface area (Å²) in [7, 11) is 5.43. The van der Waals surface area contributed by atoms with E-state index in [4.69, 9.17) is 9.47 Å². The Morgan fingerprint density at radius 1 is 1.15 bits per heavy atom. The maximum atomic E-state index is 13.2. The van der Waals surface area contributed by atoms with E-state index in [1.807, 2.05) is 35.2 Å². The molecule has 27 heavy (non-hydrogen) atoms. The molecular formula is C22H34N2O3. The molecule has 0 saturated heterocycles. The smallest absolute Gasteiger partial charge is 0.229 e. The fraction of sp³-hybridized carbons (Fsp3) is 0.591. The van der Waals surface area contributed by atoms with Crippen LogP contribution in [-0.4, -0.2) is 57.3 Å². The van der Waals surface area contributed by atoms with Crippen LogP contribution in [0.1, 0.15) is 38.5 Å². The van der Waals surface area contributed by atoms with Crippen molar-refractivity contribution in [3.8, 4) is 5.75 Å². The van der Waals surface area contributed by atoms with Crippen LogP contribution in [-0.2, 0) is 9.53 Å². The molecule has 2 unspecified atom stereocenters. The van der Waals surface area contributed by atoms with Crippen LogP contribution in [0.15, 0.2) is 36.9 Å². The highest BCUT2D eigenvalue weighted by Gasteiger charge is 2.34. The Morgan fingerprint density at radius 3 is 2.41 bits per heavy atom. The Labute approximate surface area is 163 Å². The molecule has 0 aromatic heterocycles. The molecule has 1 fully saturated rings. The number of carbonyl (C=O) groups excluding carboxylic acids is 1. The summed E-state index contributed by atoms with van der Waals surface area (Å²) < 4.78 is 10.5. The molecule has 0 bridgehead atoms. The van der Waals surface area contributed by atoms with E-state index in [-0.39, 0.29) is 11.9 Å². The van der Waals surface area contributed by atoms with Crippen molar-refractivity contribution in [1.29, 1.82) is 0 Å². The summed E-state index contributed by atoms with van der Waals surface area (Å²) in [6, 6.07) is 8.28. The van der Waals surface area contributed by atoms with Crippen molar-refractivity contribution in [3.63, 3.8) is 0 Å². The van der Waals surface area contributed by atoms with Crippen molar-refractivity contribution >= 4 is 11.6 Å². The van der Waals surface area contributed by atoms with Crippen LogP contribution in [0.5, 0.6) is 5.75 Å². The molecule has 150 valence electrons. The Bertz CT molecular complexity index is 588. The topological polar surface area (TPSA) is 42.0 Å². The Kier molecular flexibility index (Phi) is 8.82. The summed E-state index contributed by atoms with van der Waals surface area (Å²) in [6.45, 7) is 5.15. The molecule has 2 atom stereocenters. The van der Waals surface area contributed by atoms with Crippen molar-refractivity contribution in [1.82, 2.24) is 4.90 Å². The minimum Gasteiger partial charge on any atom is -0.497 e. The first kappa shape index (κ1) is 21.5. The molecule has 2 rings (SSSR count). The number of methoxy groups -OCH3 is 2.